The van der Waals surface area contributed by atoms with Crippen LogP contribution in [0.1, 0.15) is 13.8 Å². The molecule has 0 unspecified atom stereocenters. The summed E-state index contributed by atoms with van der Waals surface area (Å²) in [7, 11) is 1.61. The molecule has 106 valence electrons. The number of methoxy groups -OCH3 is 1. The Morgan fingerprint density at radius 2 is 2.32 bits per heavy atom. The molecule has 2 rings (SSSR count). The number of aromatic nitrogens is 2. The maximum Gasteiger partial charge on any atom is 0.228 e. The van der Waals surface area contributed by atoms with Crippen molar-refractivity contribution in [1.82, 2.24) is 14.9 Å². The van der Waals surface area contributed by atoms with E-state index in [2.05, 4.69) is 26.7 Å². The van der Waals surface area contributed by atoms with Crippen LogP contribution in [-0.4, -0.2) is 65.4 Å². The lowest BCUT2D eigenvalue weighted by Gasteiger charge is -2.40. The Bertz CT molecular complexity index is 413. The van der Waals surface area contributed by atoms with Crippen molar-refractivity contribution >= 4 is 5.95 Å². The van der Waals surface area contributed by atoms with Crippen LogP contribution < -0.4 is 9.64 Å². The first kappa shape index (κ1) is 14.0. The van der Waals surface area contributed by atoms with E-state index in [0.717, 1.165) is 19.6 Å². The molecule has 0 radical (unpaired) electrons. The number of hydrogen-bond acceptors (Lipinski definition) is 6. The third-order valence-corrected chi connectivity index (χ3v) is 3.37. The van der Waals surface area contributed by atoms with Crippen LogP contribution in [0.25, 0.3) is 0 Å². The molecule has 6 heteroatoms. The van der Waals surface area contributed by atoms with E-state index in [-0.39, 0.29) is 6.10 Å². The summed E-state index contributed by atoms with van der Waals surface area (Å²) in [5.41, 5.74) is 0. The first-order valence-corrected chi connectivity index (χ1v) is 6.64. The van der Waals surface area contributed by atoms with Gasteiger partial charge in [0.15, 0.2) is 0 Å². The lowest BCUT2D eigenvalue weighted by atomic mass is 10.2. The Morgan fingerprint density at radius 3 is 2.95 bits per heavy atom. The van der Waals surface area contributed by atoms with Gasteiger partial charge in [-0.15, -0.1) is 0 Å². The molecule has 2 heterocycles. The summed E-state index contributed by atoms with van der Waals surface area (Å²) in [5, 5.41) is 9.48. The van der Waals surface area contributed by atoms with Gasteiger partial charge in [-0.1, -0.05) is 0 Å². The summed E-state index contributed by atoms with van der Waals surface area (Å²) in [6, 6.07) is 2.12. The fraction of sp³-hybridized carbons (Fsp3) is 0.692. The van der Waals surface area contributed by atoms with Gasteiger partial charge in [0.05, 0.1) is 13.2 Å². The molecule has 0 spiro atoms. The smallest absolute Gasteiger partial charge is 0.228 e. The molecule has 1 aliphatic rings. The first-order chi connectivity index (χ1) is 9.10. The molecule has 0 saturated carbocycles. The zero-order valence-electron chi connectivity index (χ0n) is 11.8. The Morgan fingerprint density at radius 1 is 1.53 bits per heavy atom. The monoisotopic (exact) mass is 266 g/mol. The second-order valence-corrected chi connectivity index (χ2v) is 5.04. The summed E-state index contributed by atoms with van der Waals surface area (Å²) >= 11 is 0. The SMILES string of the molecule is COc1ccnc(N2CCN(C[C@@H](C)O)[C@@H](C)C2)n1. The number of β-amino-alcohol motifs (C(OH)–C–C–N with tert-alkyl or cyclic N) is 1. The van der Waals surface area contributed by atoms with Crippen LogP contribution in [0, 0.1) is 0 Å². The fourth-order valence-electron chi connectivity index (χ4n) is 2.39. The van der Waals surface area contributed by atoms with Crippen LogP contribution in [0.4, 0.5) is 5.95 Å². The highest BCUT2D eigenvalue weighted by molar-refractivity contribution is 5.33. The summed E-state index contributed by atoms with van der Waals surface area (Å²) < 4.78 is 5.13. The highest BCUT2D eigenvalue weighted by Crippen LogP contribution is 2.17. The van der Waals surface area contributed by atoms with Crippen molar-refractivity contribution in [3.05, 3.63) is 12.3 Å². The molecule has 0 aliphatic carbocycles. The lowest BCUT2D eigenvalue weighted by molar-refractivity contribution is 0.0957. The fourth-order valence-corrected chi connectivity index (χ4v) is 2.39. The van der Waals surface area contributed by atoms with Crippen molar-refractivity contribution in [2.75, 3.05) is 38.2 Å². The first-order valence-electron chi connectivity index (χ1n) is 6.64. The Hall–Kier alpha value is -1.40. The lowest BCUT2D eigenvalue weighted by Crippen LogP contribution is -2.53. The summed E-state index contributed by atoms with van der Waals surface area (Å²) in [6.07, 6.45) is 1.43. The molecule has 1 N–H and O–H groups in total. The van der Waals surface area contributed by atoms with E-state index in [1.54, 1.807) is 19.4 Å². The molecule has 1 aromatic rings. The maximum atomic E-state index is 9.48. The van der Waals surface area contributed by atoms with E-state index < -0.39 is 0 Å². The topological polar surface area (TPSA) is 61.7 Å². The number of aliphatic hydroxyl groups excluding tert-OH is 1. The third kappa shape index (κ3) is 3.54. The standard InChI is InChI=1S/C13H22N4O2/c1-10-8-17(7-6-16(10)9-11(2)18)13-14-5-4-12(15-13)19-3/h4-5,10-11,18H,6-9H2,1-3H3/t10-,11+/m0/s1. The molecule has 2 atom stereocenters. The van der Waals surface area contributed by atoms with E-state index in [1.165, 1.54) is 0 Å². The van der Waals surface area contributed by atoms with E-state index in [4.69, 9.17) is 4.74 Å². The van der Waals surface area contributed by atoms with Crippen LogP contribution in [0.2, 0.25) is 0 Å². The van der Waals surface area contributed by atoms with Crippen molar-refractivity contribution in [2.24, 2.45) is 0 Å². The zero-order valence-corrected chi connectivity index (χ0v) is 11.8. The van der Waals surface area contributed by atoms with Crippen molar-refractivity contribution in [3.8, 4) is 5.88 Å². The number of rotatable bonds is 4. The van der Waals surface area contributed by atoms with E-state index in [1.807, 2.05) is 6.92 Å². The number of nitrogens with zero attached hydrogens (tertiary/aromatic N) is 4. The number of anilines is 1. The van der Waals surface area contributed by atoms with Gasteiger partial charge in [-0.25, -0.2) is 4.98 Å². The minimum absolute atomic E-state index is 0.290. The van der Waals surface area contributed by atoms with Gasteiger partial charge < -0.3 is 14.7 Å². The largest absolute Gasteiger partial charge is 0.481 e. The third-order valence-electron chi connectivity index (χ3n) is 3.37. The van der Waals surface area contributed by atoms with E-state index in [0.29, 0.717) is 24.4 Å². The van der Waals surface area contributed by atoms with Gasteiger partial charge in [0.1, 0.15) is 0 Å². The quantitative estimate of drug-likeness (QED) is 0.850. The van der Waals surface area contributed by atoms with Gasteiger partial charge >= 0.3 is 0 Å². The van der Waals surface area contributed by atoms with Crippen molar-refractivity contribution in [3.63, 3.8) is 0 Å². The van der Waals surface area contributed by atoms with Crippen molar-refractivity contribution < 1.29 is 9.84 Å². The molecule has 19 heavy (non-hydrogen) atoms. The second kappa shape index (κ2) is 6.16. The molecule has 6 nitrogen and oxygen atoms in total. The van der Waals surface area contributed by atoms with Gasteiger partial charge in [0.25, 0.3) is 0 Å². The molecular formula is C13H22N4O2. The molecule has 1 fully saturated rings. The van der Waals surface area contributed by atoms with Crippen molar-refractivity contribution in [2.45, 2.75) is 26.0 Å². The number of hydrogen-bond donors (Lipinski definition) is 1. The van der Waals surface area contributed by atoms with Gasteiger partial charge in [-0.2, -0.15) is 4.98 Å². The Balaban J connectivity index is 2.01. The van der Waals surface area contributed by atoms with Gasteiger partial charge in [0, 0.05) is 44.5 Å². The molecule has 0 aromatic carbocycles. The minimum atomic E-state index is -0.290. The normalized spacial score (nSPS) is 22.3. The average Bonchev–Trinajstić information content (AvgIpc) is 2.40. The minimum Gasteiger partial charge on any atom is -0.481 e. The van der Waals surface area contributed by atoms with Crippen LogP contribution in [-0.2, 0) is 0 Å². The summed E-state index contributed by atoms with van der Waals surface area (Å²) in [5.74, 6) is 1.30. The number of aliphatic hydroxyl groups is 1. The average molecular weight is 266 g/mol. The number of piperazine rings is 1. The molecule has 0 bridgehead atoms. The van der Waals surface area contributed by atoms with Gasteiger partial charge in [-0.05, 0) is 13.8 Å². The highest BCUT2D eigenvalue weighted by Gasteiger charge is 2.25. The van der Waals surface area contributed by atoms with Crippen molar-refractivity contribution in [1.29, 1.82) is 0 Å². The summed E-state index contributed by atoms with van der Waals surface area (Å²) in [4.78, 5) is 13.1. The van der Waals surface area contributed by atoms with E-state index >= 15 is 0 Å². The molecule has 1 aromatic heterocycles. The summed E-state index contributed by atoms with van der Waals surface area (Å²) in [6.45, 7) is 7.34. The van der Waals surface area contributed by atoms with Crippen LogP contribution >= 0.6 is 0 Å². The van der Waals surface area contributed by atoms with Crippen LogP contribution in [0.3, 0.4) is 0 Å². The molecule has 0 amide bonds. The second-order valence-electron chi connectivity index (χ2n) is 5.04. The van der Waals surface area contributed by atoms with Crippen LogP contribution in [0.5, 0.6) is 5.88 Å². The molecular weight excluding hydrogens is 244 g/mol. The Kier molecular flexibility index (Phi) is 4.55. The van der Waals surface area contributed by atoms with E-state index in [9.17, 15) is 5.11 Å². The molecule has 1 saturated heterocycles. The predicted octanol–water partition coefficient (Wildman–Crippen LogP) is 0.376. The van der Waals surface area contributed by atoms with Gasteiger partial charge in [0.2, 0.25) is 11.8 Å². The number of ether oxygens (including phenoxy) is 1. The maximum absolute atomic E-state index is 9.48. The van der Waals surface area contributed by atoms with Crippen LogP contribution in [0.15, 0.2) is 12.3 Å². The highest BCUT2D eigenvalue weighted by atomic mass is 16.5. The molecule has 1 aliphatic heterocycles. The van der Waals surface area contributed by atoms with Gasteiger partial charge in [-0.3, -0.25) is 4.90 Å². The zero-order chi connectivity index (χ0) is 13.8. The Labute approximate surface area is 114 Å². The predicted molar refractivity (Wildman–Crippen MR) is 73.5 cm³/mol.